The van der Waals surface area contributed by atoms with Gasteiger partial charge in [-0.1, -0.05) is 6.92 Å². The van der Waals surface area contributed by atoms with E-state index in [1.54, 1.807) is 19.3 Å². The molecule has 2 atom stereocenters. The maximum absolute atomic E-state index is 12.1. The summed E-state index contributed by atoms with van der Waals surface area (Å²) in [5, 5.41) is 10.4. The second kappa shape index (κ2) is 3.84. The van der Waals surface area contributed by atoms with Gasteiger partial charge in [-0.2, -0.15) is 0 Å². The number of rotatable bonds is 1. The highest BCUT2D eigenvalue weighted by atomic mass is 16.5. The molecule has 1 aliphatic carbocycles. The van der Waals surface area contributed by atoms with Crippen LogP contribution in [0, 0.1) is 5.41 Å². The quantitative estimate of drug-likeness (QED) is 0.758. The minimum absolute atomic E-state index is 0.00583. The van der Waals surface area contributed by atoms with Gasteiger partial charge in [-0.05, 0) is 44.4 Å². The Morgan fingerprint density at radius 3 is 2.71 bits per heavy atom. The topological polar surface area (TPSA) is 46.5 Å². The number of fused-ring (bicyclic) bond motifs is 1. The maximum atomic E-state index is 12.1. The molecule has 3 heteroatoms. The summed E-state index contributed by atoms with van der Waals surface area (Å²) in [5.41, 5.74) is 1.73. The summed E-state index contributed by atoms with van der Waals surface area (Å²) in [7, 11) is 0. The van der Waals surface area contributed by atoms with Crippen molar-refractivity contribution in [3.8, 4) is 0 Å². The van der Waals surface area contributed by atoms with Crippen molar-refractivity contribution in [3.05, 3.63) is 34.8 Å². The van der Waals surface area contributed by atoms with Crippen LogP contribution in [-0.4, -0.2) is 17.0 Å². The minimum Gasteiger partial charge on any atom is -0.469 e. The molecular formula is C14H18O3. The van der Waals surface area contributed by atoms with E-state index in [0.29, 0.717) is 6.42 Å². The molecule has 0 saturated heterocycles. The monoisotopic (exact) mass is 234 g/mol. The van der Waals surface area contributed by atoms with Gasteiger partial charge in [0.1, 0.15) is 5.76 Å². The number of aliphatic hydroxyl groups is 1. The Kier molecular flexibility index (Phi) is 2.74. The summed E-state index contributed by atoms with van der Waals surface area (Å²) >= 11 is 0. The number of allylic oxidation sites excluding steroid dienone is 3. The van der Waals surface area contributed by atoms with E-state index in [-0.39, 0.29) is 5.78 Å². The van der Waals surface area contributed by atoms with Crippen molar-refractivity contribution >= 4 is 5.78 Å². The summed E-state index contributed by atoms with van der Waals surface area (Å²) in [6.07, 6.45) is 3.03. The zero-order valence-electron chi connectivity index (χ0n) is 10.7. The average molecular weight is 234 g/mol. The molecule has 2 rings (SSSR count). The van der Waals surface area contributed by atoms with Crippen LogP contribution in [0.4, 0.5) is 0 Å². The molecule has 0 fully saturated rings. The largest absolute Gasteiger partial charge is 0.469 e. The molecule has 0 aromatic rings. The van der Waals surface area contributed by atoms with Crippen LogP contribution in [0.1, 0.15) is 34.1 Å². The highest BCUT2D eigenvalue weighted by molar-refractivity contribution is 5.99. The second-order valence-corrected chi connectivity index (χ2v) is 4.97. The highest BCUT2D eigenvalue weighted by Crippen LogP contribution is 2.43. The number of aliphatic hydroxyl groups excluding tert-OH is 1. The molecule has 0 unspecified atom stereocenters. The molecule has 1 heterocycles. The summed E-state index contributed by atoms with van der Waals surface area (Å²) in [6, 6.07) is 0. The SMILES string of the molecule is CC[C@]1(C)C(=O)C=C2C(=COC(C)=C2C)[C@@H]1O. The molecule has 3 nitrogen and oxygen atoms in total. The Morgan fingerprint density at radius 2 is 2.12 bits per heavy atom. The molecule has 1 aliphatic heterocycles. The average Bonchev–Trinajstić information content (AvgIpc) is 2.32. The van der Waals surface area contributed by atoms with E-state index in [9.17, 15) is 9.90 Å². The molecule has 17 heavy (non-hydrogen) atoms. The third-order valence-electron chi connectivity index (χ3n) is 4.08. The van der Waals surface area contributed by atoms with Gasteiger partial charge < -0.3 is 9.84 Å². The summed E-state index contributed by atoms with van der Waals surface area (Å²) in [5.74, 6) is 0.772. The zero-order chi connectivity index (χ0) is 12.8. The van der Waals surface area contributed by atoms with E-state index in [0.717, 1.165) is 22.5 Å². The van der Waals surface area contributed by atoms with Crippen LogP contribution in [0.2, 0.25) is 0 Å². The fourth-order valence-corrected chi connectivity index (χ4v) is 2.25. The van der Waals surface area contributed by atoms with E-state index >= 15 is 0 Å². The van der Waals surface area contributed by atoms with Gasteiger partial charge in [-0.3, -0.25) is 4.79 Å². The van der Waals surface area contributed by atoms with Crippen LogP contribution in [0.15, 0.2) is 34.8 Å². The number of carbonyl (C=O) groups excluding carboxylic acids is 1. The Bertz CT molecular complexity index is 468. The van der Waals surface area contributed by atoms with Crippen LogP contribution in [0.3, 0.4) is 0 Å². The molecule has 2 aliphatic rings. The van der Waals surface area contributed by atoms with Crippen LogP contribution in [-0.2, 0) is 9.53 Å². The molecular weight excluding hydrogens is 216 g/mol. The van der Waals surface area contributed by atoms with Gasteiger partial charge >= 0.3 is 0 Å². The first kappa shape index (κ1) is 12.1. The second-order valence-electron chi connectivity index (χ2n) is 4.97. The van der Waals surface area contributed by atoms with Gasteiger partial charge in [-0.25, -0.2) is 0 Å². The highest BCUT2D eigenvalue weighted by Gasteiger charge is 2.45. The lowest BCUT2D eigenvalue weighted by Gasteiger charge is -2.38. The van der Waals surface area contributed by atoms with Crippen molar-refractivity contribution in [1.29, 1.82) is 0 Å². The summed E-state index contributed by atoms with van der Waals surface area (Å²) in [6.45, 7) is 7.48. The lowest BCUT2D eigenvalue weighted by atomic mass is 9.68. The Balaban J connectivity index is 2.56. The number of ether oxygens (including phenoxy) is 1. The number of ketones is 1. The summed E-state index contributed by atoms with van der Waals surface area (Å²) in [4.78, 5) is 12.1. The summed E-state index contributed by atoms with van der Waals surface area (Å²) < 4.78 is 5.41. The lowest BCUT2D eigenvalue weighted by Crippen LogP contribution is -2.44. The van der Waals surface area contributed by atoms with Gasteiger partial charge in [0.2, 0.25) is 0 Å². The van der Waals surface area contributed by atoms with Crippen LogP contribution >= 0.6 is 0 Å². The first-order valence-electron chi connectivity index (χ1n) is 5.91. The minimum atomic E-state index is -0.789. The Labute approximate surface area is 101 Å². The first-order chi connectivity index (χ1) is 7.91. The van der Waals surface area contributed by atoms with Gasteiger partial charge in [0.15, 0.2) is 5.78 Å². The molecule has 0 saturated carbocycles. The van der Waals surface area contributed by atoms with Crippen molar-refractivity contribution < 1.29 is 14.6 Å². The number of carbonyl (C=O) groups is 1. The molecule has 0 bridgehead atoms. The van der Waals surface area contributed by atoms with Gasteiger partial charge in [0.25, 0.3) is 0 Å². The third kappa shape index (κ3) is 1.57. The van der Waals surface area contributed by atoms with Crippen LogP contribution in [0.25, 0.3) is 0 Å². The molecule has 0 radical (unpaired) electrons. The van der Waals surface area contributed by atoms with Crippen molar-refractivity contribution in [2.24, 2.45) is 5.41 Å². The third-order valence-corrected chi connectivity index (χ3v) is 4.08. The van der Waals surface area contributed by atoms with E-state index in [1.807, 2.05) is 20.8 Å². The van der Waals surface area contributed by atoms with Crippen LogP contribution in [0.5, 0.6) is 0 Å². The number of hydrogen-bond donors (Lipinski definition) is 1. The fraction of sp³-hybridized carbons (Fsp3) is 0.500. The number of hydrogen-bond acceptors (Lipinski definition) is 3. The van der Waals surface area contributed by atoms with Gasteiger partial charge in [-0.15, -0.1) is 0 Å². The van der Waals surface area contributed by atoms with E-state index in [4.69, 9.17) is 4.74 Å². The van der Waals surface area contributed by atoms with Crippen molar-refractivity contribution in [1.82, 2.24) is 0 Å². The van der Waals surface area contributed by atoms with Crippen LogP contribution < -0.4 is 0 Å². The van der Waals surface area contributed by atoms with Crippen molar-refractivity contribution in [3.63, 3.8) is 0 Å². The van der Waals surface area contributed by atoms with E-state index < -0.39 is 11.5 Å². The fourth-order valence-electron chi connectivity index (χ4n) is 2.25. The molecule has 0 aromatic heterocycles. The molecule has 1 N–H and O–H groups in total. The molecule has 0 aromatic carbocycles. The molecule has 0 spiro atoms. The first-order valence-corrected chi connectivity index (χ1v) is 5.91. The lowest BCUT2D eigenvalue weighted by molar-refractivity contribution is -0.128. The Hall–Kier alpha value is -1.35. The van der Waals surface area contributed by atoms with Gasteiger partial charge in [0, 0.05) is 5.57 Å². The smallest absolute Gasteiger partial charge is 0.165 e. The zero-order valence-corrected chi connectivity index (χ0v) is 10.7. The van der Waals surface area contributed by atoms with Crippen molar-refractivity contribution in [2.75, 3.05) is 0 Å². The van der Waals surface area contributed by atoms with E-state index in [2.05, 4.69) is 0 Å². The maximum Gasteiger partial charge on any atom is 0.165 e. The van der Waals surface area contributed by atoms with Crippen molar-refractivity contribution in [2.45, 2.75) is 40.2 Å². The van der Waals surface area contributed by atoms with Gasteiger partial charge in [0.05, 0.1) is 17.8 Å². The predicted octanol–water partition coefficient (Wildman–Crippen LogP) is 2.48. The molecule has 0 amide bonds. The molecule has 92 valence electrons. The predicted molar refractivity (Wildman–Crippen MR) is 65.0 cm³/mol. The Morgan fingerprint density at radius 1 is 1.47 bits per heavy atom. The van der Waals surface area contributed by atoms with E-state index in [1.165, 1.54) is 0 Å². The standard InChI is InChI=1S/C14H18O3/c1-5-14(4)12(15)6-10-8(2)9(3)17-7-11(10)13(14)16/h6-7,13,16H,5H2,1-4H3/t13-,14+/m0/s1. The normalized spacial score (nSPS) is 32.8.